The van der Waals surface area contributed by atoms with Gasteiger partial charge >= 0.3 is 0 Å². The molecule has 1 aliphatic heterocycles. The van der Waals surface area contributed by atoms with Gasteiger partial charge in [-0.1, -0.05) is 12.1 Å². The molecule has 0 amide bonds. The number of benzene rings is 2. The van der Waals surface area contributed by atoms with Crippen molar-refractivity contribution >= 4 is 36.5 Å². The largest absolute Gasteiger partial charge is 0.454 e. The average Bonchev–Trinajstić information content (AvgIpc) is 3.20. The Balaban J connectivity index is 1.76. The minimum atomic E-state index is -3.93. The number of fused-ring (bicyclic) bond motifs is 2. The number of sulfone groups is 1. The lowest BCUT2D eigenvalue weighted by molar-refractivity contribution is 0.174. The molecule has 2 aromatic carbocycles. The summed E-state index contributed by atoms with van der Waals surface area (Å²) < 4.78 is 62.0. The molecule has 26 heavy (non-hydrogen) atoms. The summed E-state index contributed by atoms with van der Waals surface area (Å²) >= 11 is 0. The lowest BCUT2D eigenvalue weighted by Gasteiger charge is -2.09. The van der Waals surface area contributed by atoms with E-state index in [9.17, 15) is 16.8 Å². The minimum Gasteiger partial charge on any atom is -0.454 e. The monoisotopic (exact) mass is 394 g/mol. The van der Waals surface area contributed by atoms with Crippen molar-refractivity contribution in [2.75, 3.05) is 17.8 Å². The first-order valence-corrected chi connectivity index (χ1v) is 10.9. The van der Waals surface area contributed by atoms with Gasteiger partial charge in [-0.05, 0) is 24.3 Å². The maximum absolute atomic E-state index is 12.8. The van der Waals surface area contributed by atoms with Crippen LogP contribution in [0.2, 0.25) is 0 Å². The Bertz CT molecular complexity index is 1230. The number of H-pyrrole nitrogens is 1. The van der Waals surface area contributed by atoms with E-state index in [0.717, 1.165) is 6.26 Å². The van der Waals surface area contributed by atoms with Gasteiger partial charge in [-0.15, -0.1) is 0 Å². The molecule has 0 saturated heterocycles. The van der Waals surface area contributed by atoms with Gasteiger partial charge in [-0.2, -0.15) is 0 Å². The summed E-state index contributed by atoms with van der Waals surface area (Å²) in [6.45, 7) is 0.0232. The number of para-hydroxylation sites is 1. The molecular weight excluding hydrogens is 380 g/mol. The van der Waals surface area contributed by atoms with Crippen molar-refractivity contribution in [2.24, 2.45) is 0 Å². The number of aromatic amines is 1. The van der Waals surface area contributed by atoms with E-state index in [2.05, 4.69) is 9.71 Å². The minimum absolute atomic E-state index is 0.00377. The normalized spacial score (nSPS) is 13.9. The number of ether oxygens (including phenoxy) is 2. The molecule has 10 heteroatoms. The molecule has 3 aromatic rings. The third kappa shape index (κ3) is 2.76. The topological polar surface area (TPSA) is 115 Å². The van der Waals surface area contributed by atoms with Crippen LogP contribution in [-0.2, 0) is 19.9 Å². The summed E-state index contributed by atoms with van der Waals surface area (Å²) in [5.41, 5.74) is 0.674. The molecule has 2 N–H and O–H groups in total. The molecule has 4 rings (SSSR count). The van der Waals surface area contributed by atoms with Crippen molar-refractivity contribution in [3.05, 3.63) is 42.6 Å². The summed E-state index contributed by atoms with van der Waals surface area (Å²) in [5, 5.41) is 0.384. The maximum atomic E-state index is 12.8. The molecule has 8 nitrogen and oxygen atoms in total. The van der Waals surface area contributed by atoms with E-state index in [1.54, 1.807) is 18.2 Å². The average molecular weight is 394 g/mol. The second kappa shape index (κ2) is 5.64. The molecule has 0 spiro atoms. The fraction of sp³-hybridized carbons (Fsp3) is 0.125. The zero-order valence-corrected chi connectivity index (χ0v) is 15.1. The van der Waals surface area contributed by atoms with Crippen molar-refractivity contribution in [2.45, 2.75) is 9.79 Å². The molecule has 1 aromatic heterocycles. The predicted octanol–water partition coefficient (Wildman–Crippen LogP) is 2.10. The third-order valence-electron chi connectivity index (χ3n) is 3.97. The highest BCUT2D eigenvalue weighted by Gasteiger charge is 2.24. The lowest BCUT2D eigenvalue weighted by Crippen LogP contribution is -2.13. The summed E-state index contributed by atoms with van der Waals surface area (Å²) in [7, 11) is -7.32. The van der Waals surface area contributed by atoms with Crippen LogP contribution < -0.4 is 14.2 Å². The van der Waals surface area contributed by atoms with Gasteiger partial charge < -0.3 is 14.5 Å². The number of rotatable bonds is 4. The standard InChI is InChI=1S/C16H14N2O6S2/c1-25(19,20)10-5-6-11-13(7-10)17-8-15(11)26(21,22)18-12-3-2-4-14-16(12)24-9-23-14/h2-8,17-18H,9H2,1H3. The van der Waals surface area contributed by atoms with Crippen LogP contribution in [0.3, 0.4) is 0 Å². The first kappa shape index (κ1) is 16.7. The Labute approximate surface area is 149 Å². The van der Waals surface area contributed by atoms with Crippen LogP contribution in [0.1, 0.15) is 0 Å². The summed E-state index contributed by atoms with van der Waals surface area (Å²) in [6, 6.07) is 9.15. The van der Waals surface area contributed by atoms with Gasteiger partial charge in [-0.3, -0.25) is 4.72 Å². The number of aromatic nitrogens is 1. The third-order valence-corrected chi connectivity index (χ3v) is 6.49. The van der Waals surface area contributed by atoms with Gasteiger partial charge in [0.2, 0.25) is 6.79 Å². The highest BCUT2D eigenvalue weighted by atomic mass is 32.2. The SMILES string of the molecule is CS(=O)(=O)c1ccc2c(S(=O)(=O)Nc3cccc4c3OCO4)c[nH]c2c1. The number of anilines is 1. The molecule has 0 saturated carbocycles. The smallest absolute Gasteiger partial charge is 0.264 e. The van der Waals surface area contributed by atoms with Gasteiger partial charge in [0.25, 0.3) is 10.0 Å². The number of nitrogens with one attached hydrogen (secondary N) is 2. The zero-order chi connectivity index (χ0) is 18.5. The van der Waals surface area contributed by atoms with E-state index in [4.69, 9.17) is 9.47 Å². The Kier molecular flexibility index (Phi) is 3.63. The second-order valence-corrected chi connectivity index (χ2v) is 9.44. The summed E-state index contributed by atoms with van der Waals surface area (Å²) in [5.74, 6) is 0.789. The first-order valence-electron chi connectivity index (χ1n) is 7.48. The Morgan fingerprint density at radius 1 is 1.08 bits per heavy atom. The van der Waals surface area contributed by atoms with Gasteiger partial charge in [0, 0.05) is 23.4 Å². The molecule has 0 fully saturated rings. The molecule has 0 atom stereocenters. The van der Waals surface area contributed by atoms with Crippen molar-refractivity contribution in [1.29, 1.82) is 0 Å². The molecule has 136 valence electrons. The molecule has 0 bridgehead atoms. The Morgan fingerprint density at radius 3 is 2.65 bits per heavy atom. The van der Waals surface area contributed by atoms with Gasteiger partial charge in [0.1, 0.15) is 4.90 Å². The Morgan fingerprint density at radius 2 is 1.88 bits per heavy atom. The van der Waals surface area contributed by atoms with E-state index < -0.39 is 19.9 Å². The zero-order valence-electron chi connectivity index (χ0n) is 13.5. The van der Waals surface area contributed by atoms with Crippen LogP contribution in [0.15, 0.2) is 52.4 Å². The van der Waals surface area contributed by atoms with E-state index in [0.29, 0.717) is 22.4 Å². The van der Waals surface area contributed by atoms with Crippen LogP contribution in [0, 0.1) is 0 Å². The van der Waals surface area contributed by atoms with Gasteiger partial charge in [0.15, 0.2) is 21.3 Å². The van der Waals surface area contributed by atoms with E-state index in [1.807, 2.05) is 0 Å². The quantitative estimate of drug-likeness (QED) is 0.700. The fourth-order valence-electron chi connectivity index (χ4n) is 2.74. The van der Waals surface area contributed by atoms with E-state index >= 15 is 0 Å². The highest BCUT2D eigenvalue weighted by molar-refractivity contribution is 7.93. The maximum Gasteiger partial charge on any atom is 0.264 e. The molecule has 0 radical (unpaired) electrons. The highest BCUT2D eigenvalue weighted by Crippen LogP contribution is 2.40. The van der Waals surface area contributed by atoms with E-state index in [1.165, 1.54) is 24.4 Å². The van der Waals surface area contributed by atoms with Crippen molar-refractivity contribution in [1.82, 2.24) is 4.98 Å². The fourth-order valence-corrected chi connectivity index (χ4v) is 4.63. The molecular formula is C16H14N2O6S2. The molecule has 0 aliphatic carbocycles. The van der Waals surface area contributed by atoms with Gasteiger partial charge in [0.05, 0.1) is 10.6 Å². The summed E-state index contributed by atoms with van der Waals surface area (Å²) in [6.07, 6.45) is 2.41. The second-order valence-electron chi connectivity index (χ2n) is 5.78. The van der Waals surface area contributed by atoms with Crippen molar-refractivity contribution in [3.63, 3.8) is 0 Å². The van der Waals surface area contributed by atoms with Crippen LogP contribution >= 0.6 is 0 Å². The summed E-state index contributed by atoms with van der Waals surface area (Å²) in [4.78, 5) is 2.92. The van der Waals surface area contributed by atoms with E-state index in [-0.39, 0.29) is 22.3 Å². The van der Waals surface area contributed by atoms with Crippen molar-refractivity contribution < 1.29 is 26.3 Å². The lowest BCUT2D eigenvalue weighted by atomic mass is 10.2. The number of sulfonamides is 1. The van der Waals surface area contributed by atoms with Crippen molar-refractivity contribution in [3.8, 4) is 11.5 Å². The van der Waals surface area contributed by atoms with Crippen LogP contribution in [0.4, 0.5) is 5.69 Å². The van der Waals surface area contributed by atoms with Gasteiger partial charge in [-0.25, -0.2) is 16.8 Å². The molecule has 1 aliphatic rings. The number of hydrogen-bond acceptors (Lipinski definition) is 6. The Hall–Kier alpha value is -2.72. The van der Waals surface area contributed by atoms with Crippen LogP contribution in [-0.4, -0.2) is 34.9 Å². The number of hydrogen-bond donors (Lipinski definition) is 2. The predicted molar refractivity (Wildman–Crippen MR) is 94.8 cm³/mol. The van der Waals surface area contributed by atoms with Crippen LogP contribution in [0.5, 0.6) is 11.5 Å². The first-order chi connectivity index (χ1) is 12.3. The molecule has 2 heterocycles. The van der Waals surface area contributed by atoms with Crippen LogP contribution in [0.25, 0.3) is 10.9 Å². The molecule has 0 unspecified atom stereocenters.